The van der Waals surface area contributed by atoms with Crippen molar-refractivity contribution in [1.29, 1.82) is 0 Å². The first kappa shape index (κ1) is 17.7. The summed E-state index contributed by atoms with van der Waals surface area (Å²) >= 11 is 5.87. The summed E-state index contributed by atoms with van der Waals surface area (Å²) in [4.78, 5) is 31.5. The fourth-order valence-corrected chi connectivity index (χ4v) is 3.30. The van der Waals surface area contributed by atoms with Crippen molar-refractivity contribution >= 4 is 17.5 Å². The molecule has 1 fully saturated rings. The lowest BCUT2D eigenvalue weighted by atomic mass is 10.1. The normalized spacial score (nSPS) is 15.6. The Morgan fingerprint density at radius 2 is 1.84 bits per heavy atom. The van der Waals surface area contributed by atoms with E-state index < -0.39 is 0 Å². The van der Waals surface area contributed by atoms with E-state index in [9.17, 15) is 9.59 Å². The molecule has 6 heteroatoms. The van der Waals surface area contributed by atoms with E-state index in [2.05, 4.69) is 15.3 Å². The summed E-state index contributed by atoms with van der Waals surface area (Å²) in [5, 5.41) is 3.68. The van der Waals surface area contributed by atoms with E-state index in [0.29, 0.717) is 16.4 Å². The first-order valence-corrected chi connectivity index (χ1v) is 9.13. The molecule has 25 heavy (non-hydrogen) atoms. The second kappa shape index (κ2) is 8.30. The molecule has 2 aromatic rings. The lowest BCUT2D eigenvalue weighted by Gasteiger charge is -2.16. The number of rotatable bonds is 4. The Bertz CT molecular complexity index is 778. The van der Waals surface area contributed by atoms with Crippen molar-refractivity contribution in [2.45, 2.75) is 51.0 Å². The Hall–Kier alpha value is -2.14. The molecule has 0 radical (unpaired) electrons. The molecule has 0 bridgehead atoms. The van der Waals surface area contributed by atoms with Gasteiger partial charge in [0, 0.05) is 28.4 Å². The molecular formula is C19H22ClN3O2. The molecule has 1 aromatic carbocycles. The monoisotopic (exact) mass is 359 g/mol. The van der Waals surface area contributed by atoms with Crippen molar-refractivity contribution in [3.05, 3.63) is 51.4 Å². The predicted molar refractivity (Wildman–Crippen MR) is 98.6 cm³/mol. The summed E-state index contributed by atoms with van der Waals surface area (Å²) in [6.07, 6.45) is 8.37. The number of carbonyl (C=O) groups excluding carboxylic acids is 1. The van der Waals surface area contributed by atoms with Gasteiger partial charge in [0.15, 0.2) is 0 Å². The third-order valence-corrected chi connectivity index (χ3v) is 4.81. The van der Waals surface area contributed by atoms with Crippen LogP contribution in [0.25, 0.3) is 11.4 Å². The Labute approximate surface area is 151 Å². The van der Waals surface area contributed by atoms with Crippen LogP contribution in [0.4, 0.5) is 0 Å². The Kier molecular flexibility index (Phi) is 5.87. The fourth-order valence-electron chi connectivity index (χ4n) is 3.18. The molecule has 1 heterocycles. The molecule has 0 saturated heterocycles. The summed E-state index contributed by atoms with van der Waals surface area (Å²) in [6.45, 7) is 0. The first-order valence-electron chi connectivity index (χ1n) is 8.75. The molecule has 1 aromatic heterocycles. The third-order valence-electron chi connectivity index (χ3n) is 4.56. The molecule has 0 spiro atoms. The zero-order valence-electron chi connectivity index (χ0n) is 14.1. The van der Waals surface area contributed by atoms with E-state index in [4.69, 9.17) is 11.6 Å². The predicted octanol–water partition coefficient (Wildman–Crippen LogP) is 3.47. The maximum Gasteiger partial charge on any atom is 0.254 e. The average Bonchev–Trinajstić information content (AvgIpc) is 2.86. The molecule has 3 rings (SSSR count). The minimum Gasteiger partial charge on any atom is -0.353 e. The molecule has 5 nitrogen and oxygen atoms in total. The van der Waals surface area contributed by atoms with Gasteiger partial charge in [-0.05, 0) is 37.1 Å². The SMILES string of the molecule is O=C(Cc1cnc(-c2ccc(Cl)cc2)[nH]c1=O)NC1CCCCCC1. The number of amides is 1. The van der Waals surface area contributed by atoms with Crippen LogP contribution in [0.5, 0.6) is 0 Å². The van der Waals surface area contributed by atoms with Crippen molar-refractivity contribution in [3.8, 4) is 11.4 Å². The number of aromatic amines is 1. The van der Waals surface area contributed by atoms with Gasteiger partial charge in [0.2, 0.25) is 5.91 Å². The maximum absolute atomic E-state index is 12.3. The van der Waals surface area contributed by atoms with Gasteiger partial charge in [0.1, 0.15) is 5.82 Å². The van der Waals surface area contributed by atoms with Crippen LogP contribution in [0.1, 0.15) is 44.1 Å². The quantitative estimate of drug-likeness (QED) is 0.821. The van der Waals surface area contributed by atoms with Gasteiger partial charge in [-0.15, -0.1) is 0 Å². The van der Waals surface area contributed by atoms with Gasteiger partial charge in [-0.3, -0.25) is 9.59 Å². The number of benzene rings is 1. The molecule has 1 saturated carbocycles. The topological polar surface area (TPSA) is 74.8 Å². The van der Waals surface area contributed by atoms with Crippen LogP contribution < -0.4 is 10.9 Å². The summed E-state index contributed by atoms with van der Waals surface area (Å²) in [7, 11) is 0. The highest BCUT2D eigenvalue weighted by molar-refractivity contribution is 6.30. The number of hydrogen-bond donors (Lipinski definition) is 2. The van der Waals surface area contributed by atoms with Crippen LogP contribution >= 0.6 is 11.6 Å². The zero-order chi connectivity index (χ0) is 17.6. The fraction of sp³-hybridized carbons (Fsp3) is 0.421. The third kappa shape index (κ3) is 4.92. The van der Waals surface area contributed by atoms with Gasteiger partial charge >= 0.3 is 0 Å². The number of nitrogens with zero attached hydrogens (tertiary/aromatic N) is 1. The maximum atomic E-state index is 12.3. The van der Waals surface area contributed by atoms with E-state index in [1.165, 1.54) is 19.0 Å². The summed E-state index contributed by atoms with van der Waals surface area (Å²) < 4.78 is 0. The largest absolute Gasteiger partial charge is 0.353 e. The van der Waals surface area contributed by atoms with E-state index in [1.54, 1.807) is 24.3 Å². The smallest absolute Gasteiger partial charge is 0.254 e. The van der Waals surface area contributed by atoms with Crippen LogP contribution in [-0.4, -0.2) is 21.9 Å². The van der Waals surface area contributed by atoms with Gasteiger partial charge in [0.05, 0.1) is 6.42 Å². The molecule has 1 aliphatic carbocycles. The van der Waals surface area contributed by atoms with Gasteiger partial charge in [-0.2, -0.15) is 0 Å². The number of halogens is 1. The first-order chi connectivity index (χ1) is 12.1. The van der Waals surface area contributed by atoms with Crippen molar-refractivity contribution < 1.29 is 4.79 Å². The van der Waals surface area contributed by atoms with Crippen LogP contribution in [0, 0.1) is 0 Å². The van der Waals surface area contributed by atoms with E-state index in [-0.39, 0.29) is 23.9 Å². The molecule has 1 amide bonds. The van der Waals surface area contributed by atoms with Crippen LogP contribution in [-0.2, 0) is 11.2 Å². The minimum absolute atomic E-state index is 0.0553. The second-order valence-electron chi connectivity index (χ2n) is 6.53. The summed E-state index contributed by atoms with van der Waals surface area (Å²) in [6, 6.07) is 7.30. The van der Waals surface area contributed by atoms with Gasteiger partial charge < -0.3 is 10.3 Å². The van der Waals surface area contributed by atoms with Gasteiger partial charge in [-0.1, -0.05) is 37.3 Å². The van der Waals surface area contributed by atoms with Crippen LogP contribution in [0.2, 0.25) is 5.02 Å². The van der Waals surface area contributed by atoms with Crippen molar-refractivity contribution in [3.63, 3.8) is 0 Å². The lowest BCUT2D eigenvalue weighted by molar-refractivity contribution is -0.121. The molecule has 0 unspecified atom stereocenters. The molecule has 2 N–H and O–H groups in total. The molecule has 1 aliphatic rings. The van der Waals surface area contributed by atoms with Crippen molar-refractivity contribution in [2.24, 2.45) is 0 Å². The Morgan fingerprint density at radius 3 is 2.48 bits per heavy atom. The summed E-state index contributed by atoms with van der Waals surface area (Å²) in [5.41, 5.74) is 0.871. The van der Waals surface area contributed by atoms with Crippen LogP contribution in [0.3, 0.4) is 0 Å². The molecule has 0 atom stereocenters. The highest BCUT2D eigenvalue weighted by Crippen LogP contribution is 2.18. The zero-order valence-corrected chi connectivity index (χ0v) is 14.8. The Morgan fingerprint density at radius 1 is 1.16 bits per heavy atom. The highest BCUT2D eigenvalue weighted by atomic mass is 35.5. The van der Waals surface area contributed by atoms with Crippen molar-refractivity contribution in [2.75, 3.05) is 0 Å². The number of aromatic nitrogens is 2. The molecule has 0 aliphatic heterocycles. The number of carbonyl (C=O) groups is 1. The molecular weight excluding hydrogens is 338 g/mol. The van der Waals surface area contributed by atoms with Gasteiger partial charge in [-0.25, -0.2) is 4.98 Å². The van der Waals surface area contributed by atoms with Crippen molar-refractivity contribution in [1.82, 2.24) is 15.3 Å². The van der Waals surface area contributed by atoms with Crippen LogP contribution in [0.15, 0.2) is 35.3 Å². The lowest BCUT2D eigenvalue weighted by Crippen LogP contribution is -2.36. The van der Waals surface area contributed by atoms with E-state index in [0.717, 1.165) is 31.2 Å². The Balaban J connectivity index is 1.65. The average molecular weight is 360 g/mol. The number of nitrogens with one attached hydrogen (secondary N) is 2. The van der Waals surface area contributed by atoms with Gasteiger partial charge in [0.25, 0.3) is 5.56 Å². The number of hydrogen-bond acceptors (Lipinski definition) is 3. The standard InChI is InChI=1S/C19H22ClN3O2/c20-15-9-7-13(8-10-15)18-21-12-14(19(25)23-18)11-17(24)22-16-5-3-1-2-4-6-16/h7-10,12,16H,1-6,11H2,(H,22,24)(H,21,23,25). The minimum atomic E-state index is -0.282. The number of H-pyrrole nitrogens is 1. The second-order valence-corrected chi connectivity index (χ2v) is 6.96. The highest BCUT2D eigenvalue weighted by Gasteiger charge is 2.16. The summed E-state index contributed by atoms with van der Waals surface area (Å²) in [5.74, 6) is 0.355. The molecule has 132 valence electrons. The van der Waals surface area contributed by atoms with E-state index in [1.807, 2.05) is 0 Å². The van der Waals surface area contributed by atoms with E-state index >= 15 is 0 Å².